The number of halogens is 2. The van der Waals surface area contributed by atoms with Crippen molar-refractivity contribution in [2.24, 2.45) is 5.92 Å². The zero-order chi connectivity index (χ0) is 32.9. The fraction of sp³-hybridized carbons (Fsp3) is 0.514. The molecule has 4 heterocycles. The van der Waals surface area contributed by atoms with Crippen LogP contribution in [0.2, 0.25) is 0 Å². The summed E-state index contributed by atoms with van der Waals surface area (Å²) in [5, 5.41) is 6.85. The van der Waals surface area contributed by atoms with Crippen LogP contribution >= 0.6 is 31.9 Å². The summed E-state index contributed by atoms with van der Waals surface area (Å²) >= 11 is 7.06. The van der Waals surface area contributed by atoms with Crippen molar-refractivity contribution in [3.05, 3.63) is 73.7 Å². The Kier molecular flexibility index (Phi) is 11.1. The van der Waals surface area contributed by atoms with E-state index in [4.69, 9.17) is 5.73 Å². The van der Waals surface area contributed by atoms with E-state index in [1.54, 1.807) is 9.47 Å². The standard InChI is InChI=1S/C35H45Br2N7O3/c36-27-19-23(20-28(37)32(27)38)21-30(33(45)42-15-10-25(11-16-42)29-9-5-2-6-14-39-29)40-34(46)43-17-12-26(13-18-43)44-22-31(41-35(44)47)24-7-3-1-4-8-24/h1,3-4,7-8,19-20,22,25-26,29-30,39H,2,5-6,9-18,21,38H2,(H,40,46)(H,41,47)/t29?,30-/m1/s1. The molecule has 12 heteroatoms. The number of nitrogens with zero attached hydrogens (tertiary/aromatic N) is 3. The fourth-order valence-corrected chi connectivity index (χ4v) is 8.71. The number of benzene rings is 2. The number of nitrogen functional groups attached to an aromatic ring is 1. The third-order valence-electron chi connectivity index (χ3n) is 10.2. The van der Waals surface area contributed by atoms with Crippen LogP contribution in [-0.4, -0.2) is 76.1 Å². The summed E-state index contributed by atoms with van der Waals surface area (Å²) < 4.78 is 3.25. The van der Waals surface area contributed by atoms with Crippen LogP contribution in [0.3, 0.4) is 0 Å². The first-order valence-electron chi connectivity index (χ1n) is 16.9. The summed E-state index contributed by atoms with van der Waals surface area (Å²) in [7, 11) is 0. The molecule has 0 saturated carbocycles. The molecule has 3 amide bonds. The molecule has 0 aliphatic carbocycles. The van der Waals surface area contributed by atoms with Gasteiger partial charge in [0.2, 0.25) is 5.91 Å². The average Bonchev–Trinajstić information content (AvgIpc) is 3.28. The minimum atomic E-state index is -0.712. The van der Waals surface area contributed by atoms with Gasteiger partial charge in [0.05, 0.1) is 11.4 Å². The molecular weight excluding hydrogens is 726 g/mol. The Hall–Kier alpha value is -3.09. The maximum atomic E-state index is 14.1. The van der Waals surface area contributed by atoms with E-state index in [0.717, 1.165) is 45.2 Å². The van der Waals surface area contributed by atoms with Crippen molar-refractivity contribution in [2.45, 2.75) is 75.9 Å². The van der Waals surface area contributed by atoms with Crippen LogP contribution < -0.4 is 22.1 Å². The summed E-state index contributed by atoms with van der Waals surface area (Å²) in [6.07, 6.45) is 10.5. The van der Waals surface area contributed by atoms with E-state index in [2.05, 4.69) is 47.5 Å². The van der Waals surface area contributed by atoms with Gasteiger partial charge < -0.3 is 31.2 Å². The first-order valence-corrected chi connectivity index (χ1v) is 18.5. The largest absolute Gasteiger partial charge is 0.397 e. The average molecular weight is 772 g/mol. The minimum Gasteiger partial charge on any atom is -0.397 e. The van der Waals surface area contributed by atoms with Crippen LogP contribution in [0.1, 0.15) is 63.0 Å². The van der Waals surface area contributed by atoms with Crippen LogP contribution in [0.25, 0.3) is 11.3 Å². The number of carbonyl (C=O) groups is 2. The van der Waals surface area contributed by atoms with Crippen molar-refractivity contribution in [3.8, 4) is 11.3 Å². The Morgan fingerprint density at radius 2 is 1.60 bits per heavy atom. The molecule has 1 aromatic heterocycles. The van der Waals surface area contributed by atoms with Crippen molar-refractivity contribution >= 4 is 49.5 Å². The van der Waals surface area contributed by atoms with Gasteiger partial charge in [0, 0.05) is 59.8 Å². The molecule has 6 rings (SSSR count). The Balaban J connectivity index is 1.11. The second kappa shape index (κ2) is 15.4. The number of nitrogens with two attached hydrogens (primary N) is 1. The predicted octanol–water partition coefficient (Wildman–Crippen LogP) is 5.68. The van der Waals surface area contributed by atoms with E-state index in [9.17, 15) is 14.4 Å². The number of piperidine rings is 2. The number of aromatic nitrogens is 2. The Labute approximate surface area is 293 Å². The van der Waals surface area contributed by atoms with Gasteiger partial charge in [0.15, 0.2) is 0 Å². The number of hydrogen-bond donors (Lipinski definition) is 4. The second-order valence-electron chi connectivity index (χ2n) is 13.2. The number of aromatic amines is 1. The molecule has 47 heavy (non-hydrogen) atoms. The quantitative estimate of drug-likeness (QED) is 0.230. The molecule has 0 spiro atoms. The summed E-state index contributed by atoms with van der Waals surface area (Å²) in [6.45, 7) is 3.47. The molecule has 10 nitrogen and oxygen atoms in total. The van der Waals surface area contributed by atoms with Crippen LogP contribution in [-0.2, 0) is 11.2 Å². The lowest BCUT2D eigenvalue weighted by molar-refractivity contribution is -0.134. The highest BCUT2D eigenvalue weighted by atomic mass is 79.9. The van der Waals surface area contributed by atoms with Crippen LogP contribution in [0.5, 0.6) is 0 Å². The van der Waals surface area contributed by atoms with Gasteiger partial charge in [0.25, 0.3) is 0 Å². The number of nitrogens with one attached hydrogen (secondary N) is 3. The molecule has 3 aliphatic rings. The summed E-state index contributed by atoms with van der Waals surface area (Å²) in [4.78, 5) is 47.3. The summed E-state index contributed by atoms with van der Waals surface area (Å²) in [5.74, 6) is 0.531. The number of carbonyl (C=O) groups excluding carboxylic acids is 2. The number of likely N-dealkylation sites (tertiary alicyclic amines) is 2. The van der Waals surface area contributed by atoms with Gasteiger partial charge in [-0.1, -0.05) is 43.2 Å². The zero-order valence-corrected chi connectivity index (χ0v) is 29.9. The van der Waals surface area contributed by atoms with Gasteiger partial charge in [-0.2, -0.15) is 0 Å². The molecule has 252 valence electrons. The molecule has 0 radical (unpaired) electrons. The summed E-state index contributed by atoms with van der Waals surface area (Å²) in [6, 6.07) is 13.2. The third-order valence-corrected chi connectivity index (χ3v) is 11.5. The molecule has 2 atom stereocenters. The lowest BCUT2D eigenvalue weighted by Crippen LogP contribution is -2.56. The highest BCUT2D eigenvalue weighted by Crippen LogP contribution is 2.31. The Bertz CT molecular complexity index is 1560. The number of amides is 3. The third kappa shape index (κ3) is 8.14. The Morgan fingerprint density at radius 3 is 2.30 bits per heavy atom. The van der Waals surface area contributed by atoms with Crippen LogP contribution in [0.15, 0.2) is 62.4 Å². The molecule has 1 unspecified atom stereocenters. The number of H-pyrrole nitrogens is 1. The first-order chi connectivity index (χ1) is 22.8. The molecular formula is C35H45Br2N7O3. The summed E-state index contributed by atoms with van der Waals surface area (Å²) in [5.41, 5.74) is 9.23. The monoisotopic (exact) mass is 769 g/mol. The van der Waals surface area contributed by atoms with E-state index >= 15 is 0 Å². The lowest BCUT2D eigenvalue weighted by atomic mass is 9.86. The molecule has 3 fully saturated rings. The van der Waals surface area contributed by atoms with E-state index < -0.39 is 6.04 Å². The topological polar surface area (TPSA) is 128 Å². The van der Waals surface area contributed by atoms with Gasteiger partial charge in [-0.15, -0.1) is 0 Å². The molecule has 2 aromatic carbocycles. The second-order valence-corrected chi connectivity index (χ2v) is 14.9. The molecule has 0 bridgehead atoms. The lowest BCUT2D eigenvalue weighted by Gasteiger charge is -2.38. The van der Waals surface area contributed by atoms with Gasteiger partial charge >= 0.3 is 11.7 Å². The highest BCUT2D eigenvalue weighted by molar-refractivity contribution is 9.11. The predicted molar refractivity (Wildman–Crippen MR) is 192 cm³/mol. The van der Waals surface area contributed by atoms with Gasteiger partial charge in [-0.05, 0) is 106 Å². The van der Waals surface area contributed by atoms with Crippen molar-refractivity contribution in [2.75, 3.05) is 38.5 Å². The number of hydrogen-bond acceptors (Lipinski definition) is 5. The number of rotatable bonds is 7. The van der Waals surface area contributed by atoms with Crippen molar-refractivity contribution in [1.29, 1.82) is 0 Å². The molecule has 3 aliphatic heterocycles. The SMILES string of the molecule is Nc1c(Br)cc(C[C@@H](NC(=O)N2CCC(n3cc(-c4ccccc4)[nH]c3=O)CC2)C(=O)N2CCC(C3CCCCCN3)CC2)cc1Br. The van der Waals surface area contributed by atoms with Crippen molar-refractivity contribution in [1.82, 2.24) is 30.0 Å². The number of anilines is 1. The smallest absolute Gasteiger partial charge is 0.326 e. The van der Waals surface area contributed by atoms with Crippen molar-refractivity contribution < 1.29 is 9.59 Å². The van der Waals surface area contributed by atoms with Gasteiger partial charge in [-0.3, -0.25) is 9.36 Å². The normalized spacial score (nSPS) is 20.5. The van der Waals surface area contributed by atoms with E-state index in [1.807, 2.05) is 53.6 Å². The molecule has 5 N–H and O–H groups in total. The Morgan fingerprint density at radius 1 is 0.915 bits per heavy atom. The van der Waals surface area contributed by atoms with E-state index in [1.165, 1.54) is 25.7 Å². The molecule has 3 aromatic rings. The maximum absolute atomic E-state index is 14.1. The van der Waals surface area contributed by atoms with Crippen LogP contribution in [0, 0.1) is 5.92 Å². The highest BCUT2D eigenvalue weighted by Gasteiger charge is 2.34. The fourth-order valence-electron chi connectivity index (χ4n) is 7.42. The zero-order valence-electron chi connectivity index (χ0n) is 26.7. The number of urea groups is 1. The first kappa shape index (κ1) is 33.8. The van der Waals surface area contributed by atoms with E-state index in [0.29, 0.717) is 63.1 Å². The minimum absolute atomic E-state index is 0.00795. The van der Waals surface area contributed by atoms with Crippen LogP contribution in [0.4, 0.5) is 10.5 Å². The number of imidazole rings is 1. The van der Waals surface area contributed by atoms with Gasteiger partial charge in [-0.25, -0.2) is 9.59 Å². The van der Waals surface area contributed by atoms with Crippen molar-refractivity contribution in [3.63, 3.8) is 0 Å². The maximum Gasteiger partial charge on any atom is 0.326 e. The van der Waals surface area contributed by atoms with Gasteiger partial charge in [0.1, 0.15) is 6.04 Å². The molecule has 3 saturated heterocycles. The van der Waals surface area contributed by atoms with E-state index in [-0.39, 0.29) is 23.7 Å².